The first-order valence-electron chi connectivity index (χ1n) is 7.09. The summed E-state index contributed by atoms with van der Waals surface area (Å²) >= 11 is 6.10. The number of nitrogens with one attached hydrogen (secondary N) is 1. The average molecular weight is 323 g/mol. The van der Waals surface area contributed by atoms with Gasteiger partial charge in [-0.1, -0.05) is 38.4 Å². The zero-order valence-electron chi connectivity index (χ0n) is 12.6. The van der Waals surface area contributed by atoms with Crippen molar-refractivity contribution in [3.63, 3.8) is 0 Å². The first-order valence-corrected chi connectivity index (χ1v) is 7.47. The highest BCUT2D eigenvalue weighted by Gasteiger charge is 2.56. The number of anilines is 2. The molecule has 1 N–H and O–H groups in total. The predicted molar refractivity (Wildman–Crippen MR) is 85.2 cm³/mol. The Labute approximate surface area is 133 Å². The van der Waals surface area contributed by atoms with E-state index in [4.69, 9.17) is 11.6 Å². The van der Waals surface area contributed by atoms with E-state index in [-0.39, 0.29) is 0 Å². The minimum atomic E-state index is -2.59. The number of hydrogen-bond donors (Lipinski definition) is 1. The zero-order chi connectivity index (χ0) is 16.1. The molecular formula is C17H17ClF2N2. The molecule has 22 heavy (non-hydrogen) atoms. The van der Waals surface area contributed by atoms with Gasteiger partial charge in [0, 0.05) is 22.5 Å². The highest BCUT2D eigenvalue weighted by molar-refractivity contribution is 6.30. The predicted octanol–water partition coefficient (Wildman–Crippen LogP) is 5.39. The van der Waals surface area contributed by atoms with E-state index in [2.05, 4.69) is 10.3 Å². The van der Waals surface area contributed by atoms with E-state index in [0.29, 0.717) is 27.7 Å². The topological polar surface area (TPSA) is 24.9 Å². The van der Waals surface area contributed by atoms with Gasteiger partial charge in [-0.15, -0.1) is 0 Å². The molecule has 2 nitrogen and oxygen atoms in total. The fourth-order valence-corrected chi connectivity index (χ4v) is 3.59. The van der Waals surface area contributed by atoms with Gasteiger partial charge in [-0.2, -0.15) is 0 Å². The molecule has 2 aromatic rings. The highest BCUT2D eigenvalue weighted by Crippen LogP contribution is 2.57. The molecule has 1 aromatic carbocycles. The molecule has 3 rings (SSSR count). The molecule has 0 amide bonds. The Hall–Kier alpha value is -1.68. The van der Waals surface area contributed by atoms with Gasteiger partial charge in [0.1, 0.15) is 5.82 Å². The number of fused-ring (bicyclic) bond motifs is 2. The first kappa shape index (κ1) is 15.2. The normalized spacial score (nSPS) is 20.3. The number of nitrogens with zero attached hydrogens (tertiary/aromatic N) is 1. The Morgan fingerprint density at radius 2 is 1.91 bits per heavy atom. The Morgan fingerprint density at radius 1 is 1.18 bits per heavy atom. The van der Waals surface area contributed by atoms with Gasteiger partial charge in [0.25, 0.3) is 6.43 Å². The maximum Gasteiger partial charge on any atom is 0.252 e. The van der Waals surface area contributed by atoms with Crippen LogP contribution in [0.2, 0.25) is 5.02 Å². The van der Waals surface area contributed by atoms with Gasteiger partial charge in [-0.05, 0) is 35.2 Å². The summed E-state index contributed by atoms with van der Waals surface area (Å²) < 4.78 is 28.9. The van der Waals surface area contributed by atoms with Gasteiger partial charge in [0.2, 0.25) is 0 Å². The number of hydrogen-bond acceptors (Lipinski definition) is 2. The van der Waals surface area contributed by atoms with Gasteiger partial charge in [-0.3, -0.25) is 0 Å². The second-order valence-corrected chi connectivity index (χ2v) is 7.01. The number of halogens is 3. The van der Waals surface area contributed by atoms with Crippen molar-refractivity contribution in [3.05, 3.63) is 52.7 Å². The highest BCUT2D eigenvalue weighted by atomic mass is 35.5. The van der Waals surface area contributed by atoms with E-state index in [1.54, 1.807) is 36.5 Å². The van der Waals surface area contributed by atoms with E-state index in [1.165, 1.54) is 0 Å². The van der Waals surface area contributed by atoms with Crippen LogP contribution in [0.1, 0.15) is 31.9 Å². The molecule has 1 aromatic heterocycles. The fourth-order valence-electron chi connectivity index (χ4n) is 3.42. The standard InChI is InChI=1S/C17H17ClF2N2/c1-16(2,3)17(15(19)20)11-5-4-8-21-14(11)22-13-7-6-10(18)9-12(13)17/h4-9,15H,1-3H3,(H,21,22). The van der Waals surface area contributed by atoms with Crippen molar-refractivity contribution < 1.29 is 8.78 Å². The minimum Gasteiger partial charge on any atom is -0.340 e. The summed E-state index contributed by atoms with van der Waals surface area (Å²) in [6.07, 6.45) is -0.985. The molecule has 1 atom stereocenters. The Kier molecular flexibility index (Phi) is 3.40. The lowest BCUT2D eigenvalue weighted by atomic mass is 9.58. The third-order valence-electron chi connectivity index (χ3n) is 4.40. The largest absolute Gasteiger partial charge is 0.340 e. The summed E-state index contributed by atoms with van der Waals surface area (Å²) in [5, 5.41) is 3.59. The Balaban J connectivity index is 2.44. The van der Waals surface area contributed by atoms with Crippen molar-refractivity contribution in [2.24, 2.45) is 5.41 Å². The lowest BCUT2D eigenvalue weighted by Gasteiger charge is -2.48. The molecule has 0 fully saturated rings. The third kappa shape index (κ3) is 1.93. The smallest absolute Gasteiger partial charge is 0.252 e. The number of aromatic nitrogens is 1. The number of pyridine rings is 1. The maximum atomic E-state index is 14.5. The molecule has 0 saturated carbocycles. The molecule has 2 heterocycles. The SMILES string of the molecule is CC(C)(C)C1(C(F)F)c2cc(Cl)ccc2Nc2ncccc21. The van der Waals surface area contributed by atoms with E-state index in [0.717, 1.165) is 0 Å². The van der Waals surface area contributed by atoms with Gasteiger partial charge >= 0.3 is 0 Å². The van der Waals surface area contributed by atoms with Gasteiger partial charge in [0.05, 0.1) is 5.41 Å². The van der Waals surface area contributed by atoms with Crippen LogP contribution >= 0.6 is 11.6 Å². The van der Waals surface area contributed by atoms with E-state index in [1.807, 2.05) is 20.8 Å². The van der Waals surface area contributed by atoms with Crippen LogP contribution in [0.25, 0.3) is 0 Å². The van der Waals surface area contributed by atoms with Crippen LogP contribution in [-0.4, -0.2) is 11.4 Å². The van der Waals surface area contributed by atoms with Crippen LogP contribution in [0.5, 0.6) is 0 Å². The van der Waals surface area contributed by atoms with Crippen LogP contribution in [-0.2, 0) is 5.41 Å². The second-order valence-electron chi connectivity index (χ2n) is 6.57. The summed E-state index contributed by atoms with van der Waals surface area (Å²) in [6, 6.07) is 8.48. The molecule has 5 heteroatoms. The van der Waals surface area contributed by atoms with Crippen molar-refractivity contribution in [2.45, 2.75) is 32.6 Å². The van der Waals surface area contributed by atoms with Crippen LogP contribution in [0.3, 0.4) is 0 Å². The van der Waals surface area contributed by atoms with Gasteiger partial charge < -0.3 is 5.32 Å². The lowest BCUT2D eigenvalue weighted by Crippen LogP contribution is -2.49. The van der Waals surface area contributed by atoms with Crippen molar-refractivity contribution in [1.82, 2.24) is 4.98 Å². The summed E-state index contributed by atoms with van der Waals surface area (Å²) in [4.78, 5) is 4.25. The van der Waals surface area contributed by atoms with E-state index >= 15 is 0 Å². The third-order valence-corrected chi connectivity index (χ3v) is 4.64. The number of rotatable bonds is 1. The molecule has 0 bridgehead atoms. The quantitative estimate of drug-likeness (QED) is 0.761. The number of alkyl halides is 2. The molecule has 1 aliphatic heterocycles. The number of benzene rings is 1. The van der Waals surface area contributed by atoms with Crippen LogP contribution < -0.4 is 5.32 Å². The van der Waals surface area contributed by atoms with Gasteiger partial charge in [0.15, 0.2) is 0 Å². The molecule has 1 unspecified atom stereocenters. The van der Waals surface area contributed by atoms with Crippen LogP contribution in [0.15, 0.2) is 36.5 Å². The van der Waals surface area contributed by atoms with Crippen molar-refractivity contribution in [3.8, 4) is 0 Å². The molecule has 0 aliphatic carbocycles. The Morgan fingerprint density at radius 3 is 2.55 bits per heavy atom. The lowest BCUT2D eigenvalue weighted by molar-refractivity contribution is 0.00843. The zero-order valence-corrected chi connectivity index (χ0v) is 13.4. The molecule has 1 aliphatic rings. The average Bonchev–Trinajstić information content (AvgIpc) is 2.43. The maximum absolute atomic E-state index is 14.5. The summed E-state index contributed by atoms with van der Waals surface area (Å²) in [6.45, 7) is 5.48. The van der Waals surface area contributed by atoms with Crippen molar-refractivity contribution >= 4 is 23.1 Å². The molecule has 116 valence electrons. The monoisotopic (exact) mass is 322 g/mol. The molecule has 0 spiro atoms. The summed E-state index contributed by atoms with van der Waals surface area (Å²) in [5.74, 6) is 0.479. The van der Waals surface area contributed by atoms with Crippen LogP contribution in [0, 0.1) is 5.41 Å². The summed E-state index contributed by atoms with van der Waals surface area (Å²) in [7, 11) is 0. The molecule has 0 saturated heterocycles. The minimum absolute atomic E-state index is 0.446. The van der Waals surface area contributed by atoms with E-state index in [9.17, 15) is 8.78 Å². The first-order chi connectivity index (χ1) is 10.3. The summed E-state index contributed by atoms with van der Waals surface area (Å²) in [5.41, 5.74) is -0.538. The van der Waals surface area contributed by atoms with Gasteiger partial charge in [-0.25, -0.2) is 13.8 Å². The second kappa shape index (κ2) is 4.92. The fraction of sp³-hybridized carbons (Fsp3) is 0.353. The molecular weight excluding hydrogens is 306 g/mol. The van der Waals surface area contributed by atoms with E-state index < -0.39 is 17.3 Å². The van der Waals surface area contributed by atoms with Crippen molar-refractivity contribution in [2.75, 3.05) is 5.32 Å². The van der Waals surface area contributed by atoms with Crippen molar-refractivity contribution in [1.29, 1.82) is 0 Å². The van der Waals surface area contributed by atoms with Crippen LogP contribution in [0.4, 0.5) is 20.3 Å². The molecule has 0 radical (unpaired) electrons. The Bertz CT molecular complexity index is 725.